The molecule has 0 saturated carbocycles. The van der Waals surface area contributed by atoms with E-state index in [9.17, 15) is 0 Å². The van der Waals surface area contributed by atoms with Gasteiger partial charge >= 0.3 is 0 Å². The van der Waals surface area contributed by atoms with Crippen LogP contribution in [0.3, 0.4) is 0 Å². The summed E-state index contributed by atoms with van der Waals surface area (Å²) < 4.78 is 0. The fourth-order valence-electron chi connectivity index (χ4n) is 10.4. The van der Waals surface area contributed by atoms with Crippen LogP contribution in [0, 0.1) is 11.8 Å². The van der Waals surface area contributed by atoms with Gasteiger partial charge in [0.15, 0.2) is 0 Å². The Morgan fingerprint density at radius 3 is 2.33 bits per heavy atom. The molecule has 3 aromatic carbocycles. The van der Waals surface area contributed by atoms with Gasteiger partial charge in [-0.05, 0) is 122 Å². The van der Waals surface area contributed by atoms with Gasteiger partial charge in [0.05, 0.1) is 0 Å². The lowest BCUT2D eigenvalue weighted by Gasteiger charge is -2.33. The first-order valence-corrected chi connectivity index (χ1v) is 19.9. The van der Waals surface area contributed by atoms with Crippen molar-refractivity contribution in [2.75, 3.05) is 9.80 Å². The van der Waals surface area contributed by atoms with Gasteiger partial charge in [-0.2, -0.15) is 0 Å². The molecule has 2 aliphatic heterocycles. The van der Waals surface area contributed by atoms with Crippen LogP contribution < -0.4 is 9.80 Å². The van der Waals surface area contributed by atoms with Gasteiger partial charge in [0.2, 0.25) is 0 Å². The molecular weight excluding hydrogens is 617 g/mol. The van der Waals surface area contributed by atoms with Gasteiger partial charge in [0.25, 0.3) is 0 Å². The van der Waals surface area contributed by atoms with E-state index in [1.54, 1.807) is 22.5 Å². The van der Waals surface area contributed by atoms with Crippen LogP contribution in [0.4, 0.5) is 11.4 Å². The summed E-state index contributed by atoms with van der Waals surface area (Å²) in [6, 6.07) is 27.8. The van der Waals surface area contributed by atoms with E-state index in [4.69, 9.17) is 0 Å². The Bertz CT molecular complexity index is 2070. The molecule has 0 saturated heterocycles. The van der Waals surface area contributed by atoms with Crippen LogP contribution in [0.2, 0.25) is 0 Å². The van der Waals surface area contributed by atoms with E-state index in [0.29, 0.717) is 29.6 Å². The van der Waals surface area contributed by atoms with E-state index in [0.717, 1.165) is 18.8 Å². The molecule has 256 valence electrons. The predicted octanol–water partition coefficient (Wildman–Crippen LogP) is 12.9. The number of para-hydroxylation sites is 1. The van der Waals surface area contributed by atoms with Crippen molar-refractivity contribution < 1.29 is 0 Å². The zero-order chi connectivity index (χ0) is 33.9. The van der Waals surface area contributed by atoms with Gasteiger partial charge in [0.1, 0.15) is 0 Å². The molecule has 0 amide bonds. The van der Waals surface area contributed by atoms with Gasteiger partial charge in [-0.25, -0.2) is 0 Å². The molecule has 0 fully saturated rings. The maximum Gasteiger partial charge on any atom is 0.0497 e. The van der Waals surface area contributed by atoms with Crippen LogP contribution in [0.5, 0.6) is 0 Å². The minimum absolute atomic E-state index is 0.433. The SMILES string of the molecule is CC1CC=C(N2C3=CC(C4=CCCC=C4)CCC3c3cc(C4CC=C5C(C4)c4ccccc4N5C4=CCC(c5ccccc5)C=C4)ccc32)CC1. The summed E-state index contributed by atoms with van der Waals surface area (Å²) in [4.78, 5) is 5.30. The quantitative estimate of drug-likeness (QED) is 0.267. The van der Waals surface area contributed by atoms with Crippen LogP contribution in [0.1, 0.15) is 117 Å². The number of anilines is 2. The highest BCUT2D eigenvalue weighted by atomic mass is 15.2. The third-order valence-corrected chi connectivity index (χ3v) is 13.1. The summed E-state index contributed by atoms with van der Waals surface area (Å²) in [5.41, 5.74) is 16.3. The van der Waals surface area contributed by atoms with Gasteiger partial charge in [-0.1, -0.05) is 116 Å². The third kappa shape index (κ3) is 5.45. The Labute approximate surface area is 305 Å². The average Bonchev–Trinajstić information content (AvgIpc) is 3.71. The molecule has 6 atom stereocenters. The fourth-order valence-corrected chi connectivity index (χ4v) is 10.4. The summed E-state index contributed by atoms with van der Waals surface area (Å²) in [5.74, 6) is 3.25. The van der Waals surface area contributed by atoms with Crippen LogP contribution in [0.15, 0.2) is 156 Å². The number of benzene rings is 3. The van der Waals surface area contributed by atoms with Crippen molar-refractivity contribution in [1.82, 2.24) is 0 Å². The Morgan fingerprint density at radius 1 is 0.627 bits per heavy atom. The fraction of sp³-hybridized carbons (Fsp3) is 0.347. The van der Waals surface area contributed by atoms with Crippen molar-refractivity contribution in [1.29, 1.82) is 0 Å². The lowest BCUT2D eigenvalue weighted by atomic mass is 9.76. The summed E-state index contributed by atoms with van der Waals surface area (Å²) in [5, 5.41) is 0. The molecule has 6 unspecified atom stereocenters. The highest BCUT2D eigenvalue weighted by Gasteiger charge is 2.42. The molecule has 0 N–H and O–H groups in total. The monoisotopic (exact) mass is 666 g/mol. The zero-order valence-corrected chi connectivity index (χ0v) is 30.1. The molecule has 0 radical (unpaired) electrons. The number of hydrogen-bond donors (Lipinski definition) is 0. The number of fused-ring (bicyclic) bond motifs is 6. The van der Waals surface area contributed by atoms with E-state index in [1.165, 1.54) is 90.8 Å². The molecule has 3 aromatic rings. The molecule has 5 aliphatic carbocycles. The van der Waals surface area contributed by atoms with E-state index in [-0.39, 0.29) is 0 Å². The van der Waals surface area contributed by atoms with Crippen LogP contribution in [0.25, 0.3) is 0 Å². The lowest BCUT2D eigenvalue weighted by Crippen LogP contribution is -2.25. The standard InChI is InChI=1S/C49H50N2/c1-33-16-23-40(24-17-33)51-48-29-22-38(31-45(48)43-27-20-39(32-49(43)51)35-12-6-3-7-13-35)37-21-28-47-44(30-37)42-14-8-9-15-46(42)50(47)41-25-18-36(19-26-41)34-10-4-2-5-11-34/h2,4-6,8-15,18,22-23,25-26,28-29,31-33,36-37,39,43-44H,3,7,16-17,19-21,24,27,30H2,1H3. The van der Waals surface area contributed by atoms with Gasteiger partial charge in [0, 0.05) is 57.8 Å². The first-order valence-electron chi connectivity index (χ1n) is 19.9. The van der Waals surface area contributed by atoms with E-state index >= 15 is 0 Å². The van der Waals surface area contributed by atoms with E-state index in [2.05, 4.69) is 144 Å². The molecule has 51 heavy (non-hydrogen) atoms. The van der Waals surface area contributed by atoms with Gasteiger partial charge in [-0.3, -0.25) is 0 Å². The van der Waals surface area contributed by atoms with Crippen molar-refractivity contribution in [3.05, 3.63) is 178 Å². The number of rotatable bonds is 5. The molecule has 0 bridgehead atoms. The lowest BCUT2D eigenvalue weighted by molar-refractivity contribution is 0.504. The number of nitrogens with zero attached hydrogens (tertiary/aromatic N) is 2. The largest absolute Gasteiger partial charge is 0.318 e. The molecule has 0 spiro atoms. The molecular formula is C49H50N2. The van der Waals surface area contributed by atoms with Crippen LogP contribution in [-0.4, -0.2) is 0 Å². The first-order chi connectivity index (χ1) is 25.2. The third-order valence-electron chi connectivity index (χ3n) is 13.1. The predicted molar refractivity (Wildman–Crippen MR) is 213 cm³/mol. The summed E-state index contributed by atoms with van der Waals surface area (Å²) >= 11 is 0. The van der Waals surface area contributed by atoms with Gasteiger partial charge in [-0.15, -0.1) is 0 Å². The normalized spacial score (nSPS) is 29.2. The minimum Gasteiger partial charge on any atom is -0.318 e. The van der Waals surface area contributed by atoms with Crippen molar-refractivity contribution >= 4 is 11.4 Å². The van der Waals surface area contributed by atoms with Gasteiger partial charge < -0.3 is 9.80 Å². The Hall–Kier alpha value is -4.56. The summed E-state index contributed by atoms with van der Waals surface area (Å²) in [7, 11) is 0. The summed E-state index contributed by atoms with van der Waals surface area (Å²) in [6.07, 6.45) is 34.3. The summed E-state index contributed by atoms with van der Waals surface area (Å²) in [6.45, 7) is 2.41. The second kappa shape index (κ2) is 12.9. The van der Waals surface area contributed by atoms with Crippen molar-refractivity contribution in [3.63, 3.8) is 0 Å². The van der Waals surface area contributed by atoms with Crippen LogP contribution >= 0.6 is 0 Å². The molecule has 7 aliphatic rings. The zero-order valence-electron chi connectivity index (χ0n) is 30.1. The average molecular weight is 667 g/mol. The molecule has 2 nitrogen and oxygen atoms in total. The Balaban J connectivity index is 0.959. The molecule has 0 aromatic heterocycles. The topological polar surface area (TPSA) is 6.48 Å². The Kier molecular flexibility index (Phi) is 7.88. The van der Waals surface area contributed by atoms with Crippen molar-refractivity contribution in [2.24, 2.45) is 11.8 Å². The van der Waals surface area contributed by atoms with Crippen molar-refractivity contribution in [2.45, 2.75) is 94.8 Å². The van der Waals surface area contributed by atoms with Crippen molar-refractivity contribution in [3.8, 4) is 0 Å². The Morgan fingerprint density at radius 2 is 1.51 bits per heavy atom. The molecule has 10 rings (SSSR count). The van der Waals surface area contributed by atoms with Crippen LogP contribution in [-0.2, 0) is 0 Å². The maximum absolute atomic E-state index is 2.71. The highest BCUT2D eigenvalue weighted by Crippen LogP contribution is 2.56. The van der Waals surface area contributed by atoms with E-state index in [1.807, 2.05) is 0 Å². The number of allylic oxidation sites excluding steroid dienone is 13. The highest BCUT2D eigenvalue weighted by molar-refractivity contribution is 5.75. The number of hydrogen-bond acceptors (Lipinski definition) is 2. The first kappa shape index (κ1) is 31.2. The smallest absolute Gasteiger partial charge is 0.0497 e. The second-order valence-electron chi connectivity index (χ2n) is 16.2. The minimum atomic E-state index is 0.433. The molecule has 2 heterocycles. The second-order valence-corrected chi connectivity index (χ2v) is 16.2. The van der Waals surface area contributed by atoms with E-state index < -0.39 is 0 Å². The maximum atomic E-state index is 2.71. The molecule has 2 heteroatoms.